The van der Waals surface area contributed by atoms with Crippen molar-refractivity contribution < 1.29 is 5.11 Å². The van der Waals surface area contributed by atoms with E-state index in [4.69, 9.17) is 6.42 Å². The number of hydrogen-bond donors (Lipinski definition) is 1. The first kappa shape index (κ1) is 11.2. The fraction of sp³-hybridized carbons (Fsp3) is 0.467. The van der Waals surface area contributed by atoms with Crippen LogP contribution in [0, 0.1) is 18.3 Å². The van der Waals surface area contributed by atoms with Crippen LogP contribution in [0.2, 0.25) is 0 Å². The van der Waals surface area contributed by atoms with E-state index in [1.807, 2.05) is 0 Å². The van der Waals surface area contributed by atoms with Gasteiger partial charge in [0.05, 0.1) is 0 Å². The van der Waals surface area contributed by atoms with Crippen molar-refractivity contribution in [1.29, 1.82) is 0 Å². The van der Waals surface area contributed by atoms with Crippen molar-refractivity contribution in [3.8, 4) is 12.3 Å². The minimum atomic E-state index is -0.545. The Labute approximate surface area is 97.5 Å². The molecule has 1 heteroatoms. The van der Waals surface area contributed by atoms with Crippen LogP contribution in [-0.4, -0.2) is 11.2 Å². The van der Waals surface area contributed by atoms with E-state index in [1.165, 1.54) is 5.56 Å². The second kappa shape index (κ2) is 5.18. The molecule has 1 aliphatic carbocycles. The Balaban J connectivity index is 1.94. The van der Waals surface area contributed by atoms with Gasteiger partial charge in [-0.25, -0.2) is 0 Å². The molecule has 0 radical (unpaired) electrons. The lowest BCUT2D eigenvalue weighted by Gasteiger charge is -2.29. The smallest absolute Gasteiger partial charge is 0.117 e. The lowest BCUT2D eigenvalue weighted by Crippen LogP contribution is -2.23. The molecule has 84 valence electrons. The average Bonchev–Trinajstić information content (AvgIpc) is 2.39. The first-order chi connectivity index (χ1) is 7.81. The molecule has 1 aromatic rings. The third-order valence-corrected chi connectivity index (χ3v) is 3.66. The van der Waals surface area contributed by atoms with Gasteiger partial charge in [-0.2, -0.15) is 0 Å². The Hall–Kier alpha value is -1.26. The number of rotatable bonds is 2. The van der Waals surface area contributed by atoms with E-state index < -0.39 is 6.10 Å². The van der Waals surface area contributed by atoms with Crippen LogP contribution in [0.5, 0.6) is 0 Å². The number of benzene rings is 1. The molecular formula is C15H18O. The maximum absolute atomic E-state index is 9.60. The molecule has 2 rings (SSSR count). The summed E-state index contributed by atoms with van der Waals surface area (Å²) >= 11 is 0. The van der Waals surface area contributed by atoms with E-state index in [0.29, 0.717) is 11.8 Å². The van der Waals surface area contributed by atoms with Gasteiger partial charge >= 0.3 is 0 Å². The van der Waals surface area contributed by atoms with Gasteiger partial charge < -0.3 is 5.11 Å². The summed E-state index contributed by atoms with van der Waals surface area (Å²) in [7, 11) is 0. The minimum Gasteiger partial charge on any atom is -0.380 e. The van der Waals surface area contributed by atoms with E-state index in [1.54, 1.807) is 0 Å². The number of aliphatic hydroxyl groups excluding tert-OH is 1. The fourth-order valence-corrected chi connectivity index (χ4v) is 2.63. The van der Waals surface area contributed by atoms with E-state index in [0.717, 1.165) is 25.7 Å². The standard InChI is InChI=1S/C15H18O/c1-2-15(16)14-10-8-13(9-11-14)12-6-4-3-5-7-12/h1,3-7,13-16H,8-11H2. The molecule has 0 amide bonds. The molecule has 0 saturated heterocycles. The molecule has 1 fully saturated rings. The number of aliphatic hydroxyl groups is 1. The summed E-state index contributed by atoms with van der Waals surface area (Å²) in [5, 5.41) is 9.60. The maximum Gasteiger partial charge on any atom is 0.117 e. The molecule has 1 aromatic carbocycles. The van der Waals surface area contributed by atoms with Gasteiger partial charge in [-0.1, -0.05) is 36.3 Å². The van der Waals surface area contributed by atoms with Crippen LogP contribution >= 0.6 is 0 Å². The lowest BCUT2D eigenvalue weighted by molar-refractivity contribution is 0.128. The van der Waals surface area contributed by atoms with Crippen molar-refractivity contribution in [1.82, 2.24) is 0 Å². The SMILES string of the molecule is C#CC(O)C1CCC(c2ccccc2)CC1. The van der Waals surface area contributed by atoms with Crippen LogP contribution in [0.4, 0.5) is 0 Å². The molecule has 0 spiro atoms. The topological polar surface area (TPSA) is 20.2 Å². The Kier molecular flexibility index (Phi) is 3.64. The number of terminal acetylenes is 1. The summed E-state index contributed by atoms with van der Waals surface area (Å²) in [6, 6.07) is 10.6. The Morgan fingerprint density at radius 1 is 1.12 bits per heavy atom. The molecule has 0 aliphatic heterocycles. The summed E-state index contributed by atoms with van der Waals surface area (Å²) in [6.45, 7) is 0. The molecule has 1 unspecified atom stereocenters. The number of hydrogen-bond acceptors (Lipinski definition) is 1. The zero-order valence-electron chi connectivity index (χ0n) is 9.47. The predicted molar refractivity (Wildman–Crippen MR) is 66.0 cm³/mol. The highest BCUT2D eigenvalue weighted by Gasteiger charge is 2.25. The van der Waals surface area contributed by atoms with Gasteiger partial charge in [0.1, 0.15) is 6.10 Å². The highest BCUT2D eigenvalue weighted by atomic mass is 16.3. The zero-order valence-corrected chi connectivity index (χ0v) is 9.47. The molecule has 16 heavy (non-hydrogen) atoms. The summed E-state index contributed by atoms with van der Waals surface area (Å²) < 4.78 is 0. The molecule has 0 aromatic heterocycles. The van der Waals surface area contributed by atoms with Crippen LogP contribution in [0.15, 0.2) is 30.3 Å². The van der Waals surface area contributed by atoms with Crippen molar-refractivity contribution in [2.24, 2.45) is 5.92 Å². The van der Waals surface area contributed by atoms with E-state index in [9.17, 15) is 5.11 Å². The van der Waals surface area contributed by atoms with Crippen LogP contribution in [0.1, 0.15) is 37.2 Å². The Morgan fingerprint density at radius 2 is 1.75 bits per heavy atom. The fourth-order valence-electron chi connectivity index (χ4n) is 2.63. The average molecular weight is 214 g/mol. The van der Waals surface area contributed by atoms with E-state index in [-0.39, 0.29) is 0 Å². The highest BCUT2D eigenvalue weighted by Crippen LogP contribution is 2.36. The van der Waals surface area contributed by atoms with Gasteiger partial charge in [0.25, 0.3) is 0 Å². The van der Waals surface area contributed by atoms with E-state index in [2.05, 4.69) is 36.3 Å². The first-order valence-corrected chi connectivity index (χ1v) is 6.00. The third kappa shape index (κ3) is 2.46. The van der Waals surface area contributed by atoms with E-state index >= 15 is 0 Å². The van der Waals surface area contributed by atoms with Gasteiger partial charge in [-0.3, -0.25) is 0 Å². The second-order valence-electron chi connectivity index (χ2n) is 4.63. The van der Waals surface area contributed by atoms with Crippen molar-refractivity contribution in [2.75, 3.05) is 0 Å². The Morgan fingerprint density at radius 3 is 2.31 bits per heavy atom. The summed E-state index contributed by atoms with van der Waals surface area (Å²) in [5.74, 6) is 3.41. The van der Waals surface area contributed by atoms with Gasteiger partial charge in [-0.15, -0.1) is 6.42 Å². The van der Waals surface area contributed by atoms with Crippen LogP contribution in [0.3, 0.4) is 0 Å². The quantitative estimate of drug-likeness (QED) is 0.750. The maximum atomic E-state index is 9.60. The van der Waals surface area contributed by atoms with Gasteiger partial charge in [0.2, 0.25) is 0 Å². The monoisotopic (exact) mass is 214 g/mol. The molecule has 1 N–H and O–H groups in total. The van der Waals surface area contributed by atoms with Gasteiger partial charge in [0, 0.05) is 0 Å². The van der Waals surface area contributed by atoms with Crippen molar-refractivity contribution >= 4 is 0 Å². The normalized spacial score (nSPS) is 27.0. The zero-order chi connectivity index (χ0) is 11.4. The highest BCUT2D eigenvalue weighted by molar-refractivity contribution is 5.20. The molecule has 1 saturated carbocycles. The first-order valence-electron chi connectivity index (χ1n) is 6.00. The Bertz CT molecular complexity index is 355. The predicted octanol–water partition coefficient (Wildman–Crippen LogP) is 2.95. The largest absolute Gasteiger partial charge is 0.380 e. The molecule has 1 nitrogen and oxygen atoms in total. The molecule has 1 aliphatic rings. The second-order valence-corrected chi connectivity index (χ2v) is 4.63. The van der Waals surface area contributed by atoms with Crippen molar-refractivity contribution in [3.05, 3.63) is 35.9 Å². The van der Waals surface area contributed by atoms with Crippen LogP contribution in [-0.2, 0) is 0 Å². The van der Waals surface area contributed by atoms with Gasteiger partial charge in [-0.05, 0) is 43.1 Å². The molecule has 0 bridgehead atoms. The molecule has 0 heterocycles. The van der Waals surface area contributed by atoms with Crippen LogP contribution < -0.4 is 0 Å². The van der Waals surface area contributed by atoms with Crippen molar-refractivity contribution in [2.45, 2.75) is 37.7 Å². The summed E-state index contributed by atoms with van der Waals surface area (Å²) in [4.78, 5) is 0. The minimum absolute atomic E-state index is 0.310. The molecular weight excluding hydrogens is 196 g/mol. The van der Waals surface area contributed by atoms with Crippen LogP contribution in [0.25, 0.3) is 0 Å². The third-order valence-electron chi connectivity index (χ3n) is 3.66. The summed E-state index contributed by atoms with van der Waals surface area (Å²) in [6.07, 6.45) is 9.09. The summed E-state index contributed by atoms with van der Waals surface area (Å²) in [5.41, 5.74) is 1.43. The lowest BCUT2D eigenvalue weighted by atomic mass is 9.77. The van der Waals surface area contributed by atoms with Crippen molar-refractivity contribution in [3.63, 3.8) is 0 Å². The van der Waals surface area contributed by atoms with Gasteiger partial charge in [0.15, 0.2) is 0 Å². The molecule has 1 atom stereocenters.